The second kappa shape index (κ2) is 6.75. The Kier molecular flexibility index (Phi) is 5.62. The molecule has 0 heterocycles. The Morgan fingerprint density at radius 2 is 1.83 bits per heavy atom. The van der Waals surface area contributed by atoms with Crippen LogP contribution in [0, 0.1) is 0 Å². The number of nitrogens with one attached hydrogen (secondary N) is 1. The first kappa shape index (κ1) is 15.0. The van der Waals surface area contributed by atoms with Crippen LogP contribution in [0.3, 0.4) is 0 Å². The van der Waals surface area contributed by atoms with Gasteiger partial charge < -0.3 is 4.74 Å². The maximum atomic E-state index is 12.0. The predicted molar refractivity (Wildman–Crippen MR) is 72.3 cm³/mol. The van der Waals surface area contributed by atoms with E-state index in [0.29, 0.717) is 12.4 Å². The fraction of sp³-hybridized carbons (Fsp3) is 0.538. The Hall–Kier alpha value is -1.07. The molecule has 0 aliphatic heterocycles. The summed E-state index contributed by atoms with van der Waals surface area (Å²) in [4.78, 5) is 0.272. The van der Waals surface area contributed by atoms with Gasteiger partial charge in [0.05, 0.1) is 11.5 Å². The highest BCUT2D eigenvalue weighted by Gasteiger charge is 2.16. The van der Waals surface area contributed by atoms with Crippen molar-refractivity contribution in [1.29, 1.82) is 0 Å². The molecule has 0 aromatic heterocycles. The number of rotatable bonds is 7. The summed E-state index contributed by atoms with van der Waals surface area (Å²) in [6, 6.07) is 6.41. The van der Waals surface area contributed by atoms with Crippen LogP contribution in [0.4, 0.5) is 0 Å². The molecule has 1 N–H and O–H groups in total. The van der Waals surface area contributed by atoms with Crippen LogP contribution in [0.5, 0.6) is 5.75 Å². The van der Waals surface area contributed by atoms with E-state index in [9.17, 15) is 8.42 Å². The smallest absolute Gasteiger partial charge is 0.240 e. The van der Waals surface area contributed by atoms with Gasteiger partial charge in [-0.25, -0.2) is 13.1 Å². The van der Waals surface area contributed by atoms with Crippen molar-refractivity contribution in [3.8, 4) is 5.75 Å². The van der Waals surface area contributed by atoms with Crippen LogP contribution < -0.4 is 9.46 Å². The van der Waals surface area contributed by atoms with Gasteiger partial charge in [0.15, 0.2) is 0 Å². The highest BCUT2D eigenvalue weighted by Crippen LogP contribution is 2.16. The van der Waals surface area contributed by atoms with Gasteiger partial charge in [0.2, 0.25) is 10.0 Å². The third kappa shape index (κ3) is 4.31. The van der Waals surface area contributed by atoms with Crippen molar-refractivity contribution in [1.82, 2.24) is 4.72 Å². The van der Waals surface area contributed by atoms with Crippen LogP contribution in [-0.4, -0.2) is 21.1 Å². The molecule has 0 amide bonds. The largest absolute Gasteiger partial charge is 0.494 e. The van der Waals surface area contributed by atoms with Gasteiger partial charge in [-0.05, 0) is 44.5 Å². The van der Waals surface area contributed by atoms with Gasteiger partial charge >= 0.3 is 0 Å². The number of hydrogen-bond donors (Lipinski definition) is 1. The second-order valence-corrected chi connectivity index (χ2v) is 5.93. The highest BCUT2D eigenvalue weighted by molar-refractivity contribution is 7.89. The normalized spacial score (nSPS) is 13.3. The summed E-state index contributed by atoms with van der Waals surface area (Å²) < 4.78 is 32.0. The third-order valence-corrected chi connectivity index (χ3v) is 4.13. The van der Waals surface area contributed by atoms with Crippen LogP contribution in [0.2, 0.25) is 0 Å². The van der Waals surface area contributed by atoms with Crippen LogP contribution >= 0.6 is 0 Å². The zero-order chi connectivity index (χ0) is 13.6. The molecule has 0 aliphatic rings. The Balaban J connectivity index is 2.78. The van der Waals surface area contributed by atoms with Gasteiger partial charge in [-0.15, -0.1) is 0 Å². The van der Waals surface area contributed by atoms with Crippen LogP contribution in [0.1, 0.15) is 33.6 Å². The molecule has 1 aromatic carbocycles. The van der Waals surface area contributed by atoms with Gasteiger partial charge in [0.1, 0.15) is 5.75 Å². The van der Waals surface area contributed by atoms with Gasteiger partial charge in [-0.2, -0.15) is 0 Å². The Bertz CT molecular complexity index is 454. The summed E-state index contributed by atoms with van der Waals surface area (Å²) in [7, 11) is -3.42. The maximum Gasteiger partial charge on any atom is 0.240 e. The summed E-state index contributed by atoms with van der Waals surface area (Å²) in [6.07, 6.45) is 1.78. The molecular formula is C13H21NO3S. The minimum Gasteiger partial charge on any atom is -0.494 e. The van der Waals surface area contributed by atoms with Gasteiger partial charge in [0, 0.05) is 6.04 Å². The van der Waals surface area contributed by atoms with E-state index in [2.05, 4.69) is 4.72 Å². The van der Waals surface area contributed by atoms with Gasteiger partial charge in [-0.1, -0.05) is 13.3 Å². The number of sulfonamides is 1. The van der Waals surface area contributed by atoms with Crippen molar-refractivity contribution in [2.75, 3.05) is 6.61 Å². The summed E-state index contributed by atoms with van der Waals surface area (Å²) in [5, 5.41) is 0. The van der Waals surface area contributed by atoms with E-state index < -0.39 is 10.0 Å². The molecule has 0 saturated carbocycles. The molecule has 0 fully saturated rings. The first-order valence-corrected chi connectivity index (χ1v) is 7.73. The SMILES string of the molecule is CCCC(C)NS(=O)(=O)c1ccc(OCC)cc1. The number of hydrogen-bond acceptors (Lipinski definition) is 3. The van der Waals surface area contributed by atoms with E-state index in [1.807, 2.05) is 20.8 Å². The van der Waals surface area contributed by atoms with Crippen molar-refractivity contribution in [2.24, 2.45) is 0 Å². The zero-order valence-electron chi connectivity index (χ0n) is 11.1. The average Bonchev–Trinajstić information content (AvgIpc) is 2.29. The maximum absolute atomic E-state index is 12.0. The fourth-order valence-electron chi connectivity index (χ4n) is 1.71. The standard InChI is InChI=1S/C13H21NO3S/c1-4-6-11(3)14-18(15,16)13-9-7-12(8-10-13)17-5-2/h7-11,14H,4-6H2,1-3H3. The van der Waals surface area contributed by atoms with Crippen molar-refractivity contribution in [3.05, 3.63) is 24.3 Å². The molecule has 0 aliphatic carbocycles. The minimum absolute atomic E-state index is 0.0495. The van der Waals surface area contributed by atoms with Gasteiger partial charge in [-0.3, -0.25) is 0 Å². The van der Waals surface area contributed by atoms with Crippen molar-refractivity contribution in [3.63, 3.8) is 0 Å². The molecule has 0 saturated heterocycles. The lowest BCUT2D eigenvalue weighted by atomic mass is 10.2. The van der Waals surface area contributed by atoms with Crippen LogP contribution in [-0.2, 0) is 10.0 Å². The molecule has 4 nitrogen and oxygen atoms in total. The fourth-order valence-corrected chi connectivity index (χ4v) is 2.98. The highest BCUT2D eigenvalue weighted by atomic mass is 32.2. The van der Waals surface area contributed by atoms with E-state index in [1.54, 1.807) is 24.3 Å². The van der Waals surface area contributed by atoms with Crippen LogP contribution in [0.25, 0.3) is 0 Å². The Labute approximate surface area is 109 Å². The molecule has 102 valence electrons. The molecule has 1 unspecified atom stereocenters. The molecule has 1 rings (SSSR count). The first-order valence-electron chi connectivity index (χ1n) is 6.24. The van der Waals surface area contributed by atoms with E-state index >= 15 is 0 Å². The third-order valence-electron chi connectivity index (χ3n) is 2.52. The molecule has 0 radical (unpaired) electrons. The molecule has 1 aromatic rings. The minimum atomic E-state index is -3.42. The van der Waals surface area contributed by atoms with E-state index in [0.717, 1.165) is 12.8 Å². The second-order valence-electron chi connectivity index (χ2n) is 4.22. The molecule has 0 spiro atoms. The lowest BCUT2D eigenvalue weighted by molar-refractivity contribution is 0.340. The quantitative estimate of drug-likeness (QED) is 0.829. The van der Waals surface area contributed by atoms with Crippen molar-refractivity contribution in [2.45, 2.75) is 44.6 Å². The Morgan fingerprint density at radius 1 is 1.22 bits per heavy atom. The van der Waals surface area contributed by atoms with E-state index in [-0.39, 0.29) is 10.9 Å². The van der Waals surface area contributed by atoms with Crippen molar-refractivity contribution >= 4 is 10.0 Å². The summed E-state index contributed by atoms with van der Waals surface area (Å²) in [5.74, 6) is 0.679. The van der Waals surface area contributed by atoms with E-state index in [1.165, 1.54) is 0 Å². The van der Waals surface area contributed by atoms with E-state index in [4.69, 9.17) is 4.74 Å². The molecule has 18 heavy (non-hydrogen) atoms. The van der Waals surface area contributed by atoms with Crippen molar-refractivity contribution < 1.29 is 13.2 Å². The average molecular weight is 271 g/mol. The summed E-state index contributed by atoms with van der Waals surface area (Å²) >= 11 is 0. The first-order chi connectivity index (χ1) is 8.49. The molecule has 5 heteroatoms. The molecule has 0 bridgehead atoms. The topological polar surface area (TPSA) is 55.4 Å². The number of benzene rings is 1. The predicted octanol–water partition coefficient (Wildman–Crippen LogP) is 2.55. The lowest BCUT2D eigenvalue weighted by Crippen LogP contribution is -2.32. The summed E-state index contributed by atoms with van der Waals surface area (Å²) in [5.41, 5.74) is 0. The Morgan fingerprint density at radius 3 is 2.33 bits per heavy atom. The molecule has 1 atom stereocenters. The lowest BCUT2D eigenvalue weighted by Gasteiger charge is -2.13. The molecular weight excluding hydrogens is 250 g/mol. The summed E-state index contributed by atoms with van der Waals surface area (Å²) in [6.45, 7) is 6.35. The zero-order valence-corrected chi connectivity index (χ0v) is 12.0. The monoisotopic (exact) mass is 271 g/mol. The van der Waals surface area contributed by atoms with Gasteiger partial charge in [0.25, 0.3) is 0 Å². The van der Waals surface area contributed by atoms with Crippen LogP contribution in [0.15, 0.2) is 29.2 Å². The number of ether oxygens (including phenoxy) is 1.